The molecule has 0 atom stereocenters. The molecule has 0 aliphatic rings. The number of carbonyl (C=O) groups excluding carboxylic acids is 2. The van der Waals surface area contributed by atoms with Crippen molar-refractivity contribution in [3.63, 3.8) is 0 Å². The summed E-state index contributed by atoms with van der Waals surface area (Å²) in [6, 6.07) is 10.2. The molecule has 0 saturated carbocycles. The fraction of sp³-hybridized carbons (Fsp3) is 0. The summed E-state index contributed by atoms with van der Waals surface area (Å²) in [5.74, 6) is -0.746. The van der Waals surface area contributed by atoms with Gasteiger partial charge in [-0.3, -0.25) is 14.9 Å². The van der Waals surface area contributed by atoms with Crippen LogP contribution in [0.3, 0.4) is 0 Å². The summed E-state index contributed by atoms with van der Waals surface area (Å²) < 4.78 is 1.51. The van der Waals surface area contributed by atoms with Crippen molar-refractivity contribution in [3.8, 4) is 11.3 Å². The SMILES string of the molecule is O=C(Nc1cccc(-c2csc(NC(=O)c3cc(Cl)sc3Cl)n2)c1)c1cc(Cl)sc1Cl. The largest absolute Gasteiger partial charge is 0.322 e. The van der Waals surface area contributed by atoms with Crippen LogP contribution < -0.4 is 10.6 Å². The molecule has 3 heterocycles. The number of thiophene rings is 2. The molecule has 0 bridgehead atoms. The van der Waals surface area contributed by atoms with Gasteiger partial charge in [0.25, 0.3) is 11.8 Å². The summed E-state index contributed by atoms with van der Waals surface area (Å²) in [6.45, 7) is 0. The van der Waals surface area contributed by atoms with Crippen molar-refractivity contribution in [1.82, 2.24) is 4.98 Å². The lowest BCUT2D eigenvalue weighted by molar-refractivity contribution is 0.101. The monoisotopic (exact) mass is 547 g/mol. The third-order valence-corrected chi connectivity index (χ3v) is 7.68. The Bertz CT molecular complexity index is 1300. The number of halogens is 4. The van der Waals surface area contributed by atoms with Gasteiger partial charge in [0, 0.05) is 16.6 Å². The van der Waals surface area contributed by atoms with Gasteiger partial charge < -0.3 is 5.32 Å². The van der Waals surface area contributed by atoms with E-state index in [0.29, 0.717) is 45.0 Å². The number of nitrogens with one attached hydrogen (secondary N) is 2. The molecule has 5 nitrogen and oxygen atoms in total. The molecule has 1 aromatic carbocycles. The first kappa shape index (κ1) is 22.5. The number of carbonyl (C=O) groups is 2. The van der Waals surface area contributed by atoms with E-state index in [1.807, 2.05) is 6.07 Å². The van der Waals surface area contributed by atoms with Crippen LogP contribution in [0.15, 0.2) is 41.8 Å². The second-order valence-corrected chi connectivity index (χ2v) is 11.4. The second-order valence-electron chi connectivity index (χ2n) is 6.00. The van der Waals surface area contributed by atoms with E-state index >= 15 is 0 Å². The lowest BCUT2D eigenvalue weighted by Crippen LogP contribution is -2.11. The quantitative estimate of drug-likeness (QED) is 0.265. The molecule has 0 fully saturated rings. The first-order chi connectivity index (χ1) is 14.8. The Balaban J connectivity index is 1.49. The minimum Gasteiger partial charge on any atom is -0.322 e. The van der Waals surface area contributed by atoms with Crippen LogP contribution in [0.5, 0.6) is 0 Å². The Morgan fingerprint density at radius 2 is 1.45 bits per heavy atom. The number of hydrogen-bond acceptors (Lipinski definition) is 6. The third kappa shape index (κ3) is 5.23. The minimum atomic E-state index is -0.388. The van der Waals surface area contributed by atoms with Crippen LogP contribution >= 0.6 is 80.4 Å². The molecule has 0 aliphatic heterocycles. The van der Waals surface area contributed by atoms with Gasteiger partial charge in [0.15, 0.2) is 5.13 Å². The molecule has 158 valence electrons. The molecular formula is C19H9Cl4N3O2S3. The highest BCUT2D eigenvalue weighted by molar-refractivity contribution is 7.20. The Morgan fingerprint density at radius 1 is 0.839 bits per heavy atom. The van der Waals surface area contributed by atoms with E-state index in [4.69, 9.17) is 46.4 Å². The number of hydrogen-bond donors (Lipinski definition) is 2. The highest BCUT2D eigenvalue weighted by Crippen LogP contribution is 2.34. The standard InChI is InChI=1S/C19H9Cl4N3O2S3/c20-13-5-10(15(22)30-13)17(27)24-9-3-1-2-8(4-9)12-7-29-19(25-12)26-18(28)11-6-14(21)31-16(11)23/h1-7H,(H,24,27)(H,25,26,28). The fourth-order valence-corrected chi connectivity index (χ4v) is 6.20. The zero-order chi connectivity index (χ0) is 22.1. The van der Waals surface area contributed by atoms with Crippen LogP contribution in [-0.2, 0) is 0 Å². The van der Waals surface area contributed by atoms with E-state index in [0.717, 1.165) is 28.2 Å². The van der Waals surface area contributed by atoms with Crippen molar-refractivity contribution < 1.29 is 9.59 Å². The highest BCUT2D eigenvalue weighted by Gasteiger charge is 2.17. The average molecular weight is 549 g/mol. The molecule has 0 saturated heterocycles. The van der Waals surface area contributed by atoms with Crippen LogP contribution in [0.4, 0.5) is 10.8 Å². The van der Waals surface area contributed by atoms with Crippen LogP contribution in [0.25, 0.3) is 11.3 Å². The number of thiazole rings is 1. The van der Waals surface area contributed by atoms with Crippen molar-refractivity contribution in [2.45, 2.75) is 0 Å². The van der Waals surface area contributed by atoms with E-state index in [-0.39, 0.29) is 11.8 Å². The van der Waals surface area contributed by atoms with Gasteiger partial charge >= 0.3 is 0 Å². The van der Waals surface area contributed by atoms with Crippen molar-refractivity contribution in [2.75, 3.05) is 10.6 Å². The molecule has 0 radical (unpaired) electrons. The van der Waals surface area contributed by atoms with Gasteiger partial charge in [-0.15, -0.1) is 34.0 Å². The van der Waals surface area contributed by atoms with Crippen molar-refractivity contribution in [3.05, 3.63) is 70.3 Å². The predicted molar refractivity (Wildman–Crippen MR) is 132 cm³/mol. The van der Waals surface area contributed by atoms with E-state index in [1.165, 1.54) is 23.5 Å². The topological polar surface area (TPSA) is 71.1 Å². The Hall–Kier alpha value is -1.65. The summed E-state index contributed by atoms with van der Waals surface area (Å²) in [7, 11) is 0. The molecule has 4 aromatic rings. The maximum absolute atomic E-state index is 12.5. The summed E-state index contributed by atoms with van der Waals surface area (Å²) in [4.78, 5) is 29.3. The first-order valence-electron chi connectivity index (χ1n) is 8.38. The number of benzene rings is 1. The van der Waals surface area contributed by atoms with E-state index < -0.39 is 0 Å². The van der Waals surface area contributed by atoms with Gasteiger partial charge in [-0.25, -0.2) is 4.98 Å². The maximum atomic E-state index is 12.5. The summed E-state index contributed by atoms with van der Waals surface area (Å²) in [5.41, 5.74) is 2.58. The van der Waals surface area contributed by atoms with Gasteiger partial charge in [-0.1, -0.05) is 58.5 Å². The van der Waals surface area contributed by atoms with Crippen LogP contribution in [0.2, 0.25) is 17.3 Å². The van der Waals surface area contributed by atoms with E-state index in [9.17, 15) is 9.59 Å². The van der Waals surface area contributed by atoms with Crippen LogP contribution in [0, 0.1) is 0 Å². The molecule has 2 N–H and O–H groups in total. The van der Waals surface area contributed by atoms with Crippen molar-refractivity contribution >= 4 is 103 Å². The lowest BCUT2D eigenvalue weighted by atomic mass is 10.1. The molecule has 0 unspecified atom stereocenters. The van der Waals surface area contributed by atoms with Gasteiger partial charge in [0.2, 0.25) is 0 Å². The first-order valence-corrected chi connectivity index (χ1v) is 12.4. The van der Waals surface area contributed by atoms with Crippen molar-refractivity contribution in [1.29, 1.82) is 0 Å². The fourth-order valence-electron chi connectivity index (χ4n) is 2.57. The van der Waals surface area contributed by atoms with Crippen LogP contribution in [0.1, 0.15) is 20.7 Å². The maximum Gasteiger partial charge on any atom is 0.259 e. The lowest BCUT2D eigenvalue weighted by Gasteiger charge is -2.06. The zero-order valence-electron chi connectivity index (χ0n) is 15.0. The molecule has 0 aliphatic carbocycles. The van der Waals surface area contributed by atoms with Gasteiger partial charge in [-0.05, 0) is 24.3 Å². The Labute approximate surface area is 208 Å². The zero-order valence-corrected chi connectivity index (χ0v) is 20.5. The summed E-state index contributed by atoms with van der Waals surface area (Å²) >= 11 is 27.4. The van der Waals surface area contributed by atoms with E-state index in [1.54, 1.807) is 23.6 Å². The molecule has 4 rings (SSSR count). The molecular weight excluding hydrogens is 540 g/mol. The molecule has 2 amide bonds. The minimum absolute atomic E-state index is 0.297. The molecule has 3 aromatic heterocycles. The Kier molecular flexibility index (Phi) is 6.88. The number of nitrogens with zero attached hydrogens (tertiary/aromatic N) is 1. The number of amides is 2. The van der Waals surface area contributed by atoms with Crippen molar-refractivity contribution in [2.24, 2.45) is 0 Å². The smallest absolute Gasteiger partial charge is 0.259 e. The summed E-state index contributed by atoms with van der Waals surface area (Å²) in [5, 5.41) is 7.72. The molecule has 0 spiro atoms. The Morgan fingerprint density at radius 3 is 2.03 bits per heavy atom. The van der Waals surface area contributed by atoms with Crippen LogP contribution in [-0.4, -0.2) is 16.8 Å². The number of anilines is 2. The molecule has 12 heteroatoms. The number of rotatable bonds is 5. The van der Waals surface area contributed by atoms with Gasteiger partial charge in [0.1, 0.15) is 8.67 Å². The van der Waals surface area contributed by atoms with Gasteiger partial charge in [-0.2, -0.15) is 0 Å². The normalized spacial score (nSPS) is 10.8. The average Bonchev–Trinajstić information content (AvgIpc) is 3.40. The highest BCUT2D eigenvalue weighted by atomic mass is 35.5. The van der Waals surface area contributed by atoms with Gasteiger partial charge in [0.05, 0.1) is 25.5 Å². The number of aromatic nitrogens is 1. The predicted octanol–water partition coefficient (Wildman–Crippen LogP) is 8.05. The molecule has 31 heavy (non-hydrogen) atoms. The summed E-state index contributed by atoms with van der Waals surface area (Å²) in [6.07, 6.45) is 0. The second kappa shape index (κ2) is 9.46. The third-order valence-electron chi connectivity index (χ3n) is 3.94. The van der Waals surface area contributed by atoms with E-state index in [2.05, 4.69) is 15.6 Å².